The smallest absolute Gasteiger partial charge is 0.0887 e. The number of nitrogens with one attached hydrogen (secondary N) is 1. The number of hydrogen-bond acceptors (Lipinski definition) is 2. The Morgan fingerprint density at radius 1 is 1.40 bits per heavy atom. The SMILES string of the molecule is C1C[N]C2CNCCN2C1. The van der Waals surface area contributed by atoms with Crippen molar-refractivity contribution in [1.82, 2.24) is 15.5 Å². The van der Waals surface area contributed by atoms with Crippen LogP contribution in [0, 0.1) is 0 Å². The van der Waals surface area contributed by atoms with E-state index in [1.807, 2.05) is 0 Å². The van der Waals surface area contributed by atoms with E-state index in [0.29, 0.717) is 6.17 Å². The highest BCUT2D eigenvalue weighted by atomic mass is 15.3. The quantitative estimate of drug-likeness (QED) is 0.478. The summed E-state index contributed by atoms with van der Waals surface area (Å²) in [5.41, 5.74) is 0. The van der Waals surface area contributed by atoms with Gasteiger partial charge in [0.25, 0.3) is 0 Å². The topological polar surface area (TPSA) is 29.4 Å². The molecule has 57 valence electrons. The standard InChI is InChI=1S/C7H14N3/c1-2-9-7-6-8-3-5-10(7)4-1/h7-8H,1-6H2. The number of nitrogens with zero attached hydrogens (tertiary/aromatic N) is 2. The normalized spacial score (nSPS) is 35.4. The number of hydrogen-bond donors (Lipinski definition) is 1. The average Bonchev–Trinajstić information content (AvgIpc) is 2.05. The minimum absolute atomic E-state index is 0.502. The van der Waals surface area contributed by atoms with E-state index in [1.165, 1.54) is 19.5 Å². The molecular weight excluding hydrogens is 126 g/mol. The maximum atomic E-state index is 4.51. The molecule has 1 radical (unpaired) electrons. The Balaban J connectivity index is 1.93. The summed E-state index contributed by atoms with van der Waals surface area (Å²) in [5.74, 6) is 0. The molecule has 1 atom stereocenters. The zero-order chi connectivity index (χ0) is 6.81. The summed E-state index contributed by atoms with van der Waals surface area (Å²) >= 11 is 0. The highest BCUT2D eigenvalue weighted by molar-refractivity contribution is 4.80. The van der Waals surface area contributed by atoms with Crippen molar-refractivity contribution >= 4 is 0 Å². The Bertz CT molecular complexity index is 89.4. The lowest BCUT2D eigenvalue weighted by molar-refractivity contribution is 0.101. The number of fused-ring (bicyclic) bond motifs is 1. The summed E-state index contributed by atoms with van der Waals surface area (Å²) in [5, 5.41) is 7.86. The maximum absolute atomic E-state index is 4.51. The van der Waals surface area contributed by atoms with Gasteiger partial charge in [0.2, 0.25) is 0 Å². The summed E-state index contributed by atoms with van der Waals surface area (Å²) in [6.07, 6.45) is 1.76. The summed E-state index contributed by atoms with van der Waals surface area (Å²) in [7, 11) is 0. The van der Waals surface area contributed by atoms with Gasteiger partial charge < -0.3 is 5.32 Å². The number of piperazine rings is 1. The number of rotatable bonds is 0. The molecule has 0 aromatic heterocycles. The van der Waals surface area contributed by atoms with E-state index in [1.54, 1.807) is 0 Å². The van der Waals surface area contributed by atoms with Crippen LogP contribution in [0.4, 0.5) is 0 Å². The van der Waals surface area contributed by atoms with E-state index in [0.717, 1.165) is 19.6 Å². The van der Waals surface area contributed by atoms with Crippen molar-refractivity contribution in [3.8, 4) is 0 Å². The summed E-state index contributed by atoms with van der Waals surface area (Å²) in [4.78, 5) is 2.47. The molecule has 2 aliphatic rings. The molecule has 0 amide bonds. The van der Waals surface area contributed by atoms with Crippen molar-refractivity contribution in [1.29, 1.82) is 0 Å². The molecule has 0 saturated carbocycles. The highest BCUT2D eigenvalue weighted by Gasteiger charge is 2.24. The third kappa shape index (κ3) is 1.17. The molecule has 1 N–H and O–H groups in total. The van der Waals surface area contributed by atoms with Crippen LogP contribution in [0.2, 0.25) is 0 Å². The van der Waals surface area contributed by atoms with Crippen molar-refractivity contribution < 1.29 is 0 Å². The Hall–Kier alpha value is -0.120. The van der Waals surface area contributed by atoms with Gasteiger partial charge in [-0.1, -0.05) is 0 Å². The lowest BCUT2D eigenvalue weighted by Crippen LogP contribution is -2.58. The summed E-state index contributed by atoms with van der Waals surface area (Å²) in [6.45, 7) is 5.74. The molecule has 0 aromatic rings. The molecule has 1 unspecified atom stereocenters. The van der Waals surface area contributed by atoms with Crippen molar-refractivity contribution in [2.24, 2.45) is 0 Å². The predicted molar refractivity (Wildman–Crippen MR) is 39.8 cm³/mol. The first-order valence-electron chi connectivity index (χ1n) is 4.08. The third-order valence-corrected chi connectivity index (χ3v) is 2.27. The first-order chi connectivity index (χ1) is 4.97. The van der Waals surface area contributed by atoms with Crippen LogP contribution in [0.5, 0.6) is 0 Å². The Kier molecular flexibility index (Phi) is 1.88. The zero-order valence-corrected chi connectivity index (χ0v) is 6.21. The molecular formula is C7H14N3. The minimum atomic E-state index is 0.502. The van der Waals surface area contributed by atoms with Crippen LogP contribution in [0.1, 0.15) is 6.42 Å². The van der Waals surface area contributed by atoms with Crippen LogP contribution in [-0.4, -0.2) is 43.8 Å². The molecule has 3 nitrogen and oxygen atoms in total. The van der Waals surface area contributed by atoms with Gasteiger partial charge in [-0.05, 0) is 6.42 Å². The van der Waals surface area contributed by atoms with Gasteiger partial charge in [-0.2, -0.15) is 0 Å². The van der Waals surface area contributed by atoms with Crippen LogP contribution < -0.4 is 10.6 Å². The van der Waals surface area contributed by atoms with Crippen LogP contribution >= 0.6 is 0 Å². The molecule has 0 aliphatic carbocycles. The molecule has 0 bridgehead atoms. The summed E-state index contributed by atoms with van der Waals surface area (Å²) < 4.78 is 0. The second-order valence-corrected chi connectivity index (χ2v) is 2.98. The third-order valence-electron chi connectivity index (χ3n) is 2.27. The van der Waals surface area contributed by atoms with E-state index >= 15 is 0 Å². The van der Waals surface area contributed by atoms with Crippen LogP contribution in [0.3, 0.4) is 0 Å². The molecule has 2 rings (SSSR count). The first kappa shape index (κ1) is 6.58. The van der Waals surface area contributed by atoms with E-state index < -0.39 is 0 Å². The molecule has 2 heterocycles. The van der Waals surface area contributed by atoms with Crippen molar-refractivity contribution in [3.63, 3.8) is 0 Å². The van der Waals surface area contributed by atoms with Gasteiger partial charge in [0.05, 0.1) is 6.17 Å². The lowest BCUT2D eigenvalue weighted by atomic mass is 10.2. The monoisotopic (exact) mass is 140 g/mol. The van der Waals surface area contributed by atoms with Gasteiger partial charge in [-0.25, -0.2) is 5.32 Å². The molecule has 2 aliphatic heterocycles. The molecule has 10 heavy (non-hydrogen) atoms. The second-order valence-electron chi connectivity index (χ2n) is 2.98. The Labute approximate surface area is 61.8 Å². The Morgan fingerprint density at radius 3 is 3.30 bits per heavy atom. The average molecular weight is 140 g/mol. The van der Waals surface area contributed by atoms with E-state index in [2.05, 4.69) is 15.5 Å². The van der Waals surface area contributed by atoms with Crippen LogP contribution in [-0.2, 0) is 0 Å². The van der Waals surface area contributed by atoms with Gasteiger partial charge in [0.15, 0.2) is 0 Å². The fourth-order valence-electron chi connectivity index (χ4n) is 1.69. The van der Waals surface area contributed by atoms with Crippen molar-refractivity contribution in [2.75, 3.05) is 32.7 Å². The van der Waals surface area contributed by atoms with E-state index in [-0.39, 0.29) is 0 Å². The van der Waals surface area contributed by atoms with Crippen LogP contribution in [0.25, 0.3) is 0 Å². The largest absolute Gasteiger partial charge is 0.313 e. The molecule has 3 heteroatoms. The first-order valence-corrected chi connectivity index (χ1v) is 4.08. The zero-order valence-electron chi connectivity index (χ0n) is 6.21. The summed E-state index contributed by atoms with van der Waals surface area (Å²) in [6, 6.07) is 0. The van der Waals surface area contributed by atoms with E-state index in [9.17, 15) is 0 Å². The van der Waals surface area contributed by atoms with Crippen molar-refractivity contribution in [3.05, 3.63) is 0 Å². The molecule has 0 spiro atoms. The van der Waals surface area contributed by atoms with Gasteiger partial charge in [-0.3, -0.25) is 4.90 Å². The maximum Gasteiger partial charge on any atom is 0.0887 e. The lowest BCUT2D eigenvalue weighted by Gasteiger charge is -2.38. The van der Waals surface area contributed by atoms with Gasteiger partial charge in [-0.15, -0.1) is 0 Å². The van der Waals surface area contributed by atoms with Gasteiger partial charge in [0, 0.05) is 32.7 Å². The molecule has 0 aromatic carbocycles. The van der Waals surface area contributed by atoms with Gasteiger partial charge >= 0.3 is 0 Å². The molecule has 2 saturated heterocycles. The fraction of sp³-hybridized carbons (Fsp3) is 1.00. The van der Waals surface area contributed by atoms with Crippen molar-refractivity contribution in [2.45, 2.75) is 12.6 Å². The predicted octanol–water partition coefficient (Wildman–Crippen LogP) is -0.774. The minimum Gasteiger partial charge on any atom is -0.313 e. The second kappa shape index (κ2) is 2.86. The fourth-order valence-corrected chi connectivity index (χ4v) is 1.69. The highest BCUT2D eigenvalue weighted by Crippen LogP contribution is 2.06. The molecule has 2 fully saturated rings. The van der Waals surface area contributed by atoms with E-state index in [4.69, 9.17) is 0 Å². The van der Waals surface area contributed by atoms with Crippen LogP contribution in [0.15, 0.2) is 0 Å². The van der Waals surface area contributed by atoms with Gasteiger partial charge in [0.1, 0.15) is 0 Å². The Morgan fingerprint density at radius 2 is 2.40 bits per heavy atom.